The van der Waals surface area contributed by atoms with Crippen LogP contribution in [0.3, 0.4) is 0 Å². The smallest absolute Gasteiger partial charge is 0.270 e. The summed E-state index contributed by atoms with van der Waals surface area (Å²) in [5, 5.41) is 13.2. The fourth-order valence-electron chi connectivity index (χ4n) is 1.57. The number of amides is 1. The molecule has 0 aliphatic carbocycles. The molecule has 0 unspecified atom stereocenters. The molecule has 2 aromatic carbocycles. The summed E-state index contributed by atoms with van der Waals surface area (Å²) in [4.78, 5) is 22.0. The molecule has 0 aliphatic heterocycles. The van der Waals surface area contributed by atoms with Gasteiger partial charge >= 0.3 is 0 Å². The van der Waals surface area contributed by atoms with Crippen LogP contribution in [0.1, 0.15) is 10.4 Å². The van der Waals surface area contributed by atoms with E-state index in [9.17, 15) is 14.9 Å². The lowest BCUT2D eigenvalue weighted by atomic mass is 10.2. The van der Waals surface area contributed by atoms with Gasteiger partial charge in [-0.15, -0.1) is 0 Å². The first kappa shape index (κ1) is 12.6. The molecule has 2 rings (SSSR count). The molecule has 6 heteroatoms. The number of rotatable bonds is 3. The summed E-state index contributed by atoms with van der Waals surface area (Å²) < 4.78 is 0. The van der Waals surface area contributed by atoms with Crippen molar-refractivity contribution in [3.8, 4) is 0 Å². The van der Waals surface area contributed by atoms with E-state index in [2.05, 4.69) is 5.32 Å². The minimum Gasteiger partial charge on any atom is -0.397 e. The SMILES string of the molecule is Nc1ccccc1NC(=O)c1cccc([N+](=O)[O-])c1. The van der Waals surface area contributed by atoms with E-state index >= 15 is 0 Å². The first-order chi connectivity index (χ1) is 9.08. The number of hydrogen-bond acceptors (Lipinski definition) is 4. The molecule has 1 amide bonds. The lowest BCUT2D eigenvalue weighted by Crippen LogP contribution is -2.13. The van der Waals surface area contributed by atoms with Gasteiger partial charge in [-0.05, 0) is 18.2 Å². The van der Waals surface area contributed by atoms with Gasteiger partial charge in [0.2, 0.25) is 0 Å². The van der Waals surface area contributed by atoms with E-state index in [1.165, 1.54) is 24.3 Å². The lowest BCUT2D eigenvalue weighted by Gasteiger charge is -2.07. The zero-order valence-corrected chi connectivity index (χ0v) is 9.87. The third-order valence-corrected chi connectivity index (χ3v) is 2.53. The quantitative estimate of drug-likeness (QED) is 0.501. The van der Waals surface area contributed by atoms with Crippen molar-refractivity contribution in [1.82, 2.24) is 0 Å². The Morgan fingerprint density at radius 2 is 1.89 bits per heavy atom. The Bertz CT molecular complexity index is 641. The van der Waals surface area contributed by atoms with Crippen LogP contribution in [-0.2, 0) is 0 Å². The normalized spacial score (nSPS) is 9.89. The summed E-state index contributed by atoms with van der Waals surface area (Å²) in [7, 11) is 0. The molecule has 0 spiro atoms. The van der Waals surface area contributed by atoms with Gasteiger partial charge in [-0.3, -0.25) is 14.9 Å². The number of anilines is 2. The van der Waals surface area contributed by atoms with E-state index < -0.39 is 10.8 Å². The maximum Gasteiger partial charge on any atom is 0.270 e. The van der Waals surface area contributed by atoms with Gasteiger partial charge < -0.3 is 11.1 Å². The second-order valence-electron chi connectivity index (χ2n) is 3.85. The number of nitrogens with two attached hydrogens (primary N) is 1. The maximum atomic E-state index is 12.0. The fraction of sp³-hybridized carbons (Fsp3) is 0. The molecule has 0 atom stereocenters. The van der Waals surface area contributed by atoms with Gasteiger partial charge in [-0.25, -0.2) is 0 Å². The van der Waals surface area contributed by atoms with E-state index in [0.717, 1.165) is 0 Å². The van der Waals surface area contributed by atoms with Gasteiger partial charge in [0, 0.05) is 17.7 Å². The van der Waals surface area contributed by atoms with Crippen LogP contribution >= 0.6 is 0 Å². The van der Waals surface area contributed by atoms with Crippen molar-refractivity contribution in [2.75, 3.05) is 11.1 Å². The van der Waals surface area contributed by atoms with Crippen LogP contribution in [0.25, 0.3) is 0 Å². The van der Waals surface area contributed by atoms with Gasteiger partial charge in [0.1, 0.15) is 0 Å². The van der Waals surface area contributed by atoms with Gasteiger partial charge in [0.25, 0.3) is 11.6 Å². The highest BCUT2D eigenvalue weighted by Crippen LogP contribution is 2.19. The highest BCUT2D eigenvalue weighted by Gasteiger charge is 2.12. The topological polar surface area (TPSA) is 98.3 Å². The molecule has 96 valence electrons. The number of nitrogen functional groups attached to an aromatic ring is 1. The molecule has 2 aromatic rings. The largest absolute Gasteiger partial charge is 0.397 e. The third-order valence-electron chi connectivity index (χ3n) is 2.53. The third kappa shape index (κ3) is 2.86. The average molecular weight is 257 g/mol. The molecule has 0 fully saturated rings. The Morgan fingerprint density at radius 3 is 2.58 bits per heavy atom. The van der Waals surface area contributed by atoms with Crippen molar-refractivity contribution in [1.29, 1.82) is 0 Å². The minimum atomic E-state index is -0.548. The second-order valence-corrected chi connectivity index (χ2v) is 3.85. The molecule has 0 aromatic heterocycles. The van der Waals surface area contributed by atoms with Crippen molar-refractivity contribution in [2.45, 2.75) is 0 Å². The zero-order valence-electron chi connectivity index (χ0n) is 9.87. The van der Waals surface area contributed by atoms with Gasteiger partial charge in [0.05, 0.1) is 16.3 Å². The molecule has 6 nitrogen and oxygen atoms in total. The Balaban J connectivity index is 2.23. The monoisotopic (exact) mass is 257 g/mol. The summed E-state index contributed by atoms with van der Waals surface area (Å²) in [5.41, 5.74) is 6.68. The number of carbonyl (C=O) groups is 1. The zero-order chi connectivity index (χ0) is 13.8. The number of para-hydroxylation sites is 2. The van der Waals surface area contributed by atoms with E-state index in [-0.39, 0.29) is 11.3 Å². The standard InChI is InChI=1S/C13H11N3O3/c14-11-6-1-2-7-12(11)15-13(17)9-4-3-5-10(8-9)16(18)19/h1-8H,14H2,(H,15,17). The van der Waals surface area contributed by atoms with Gasteiger partial charge in [-0.2, -0.15) is 0 Å². The van der Waals surface area contributed by atoms with Gasteiger partial charge in [0.15, 0.2) is 0 Å². The van der Waals surface area contributed by atoms with Crippen molar-refractivity contribution in [2.24, 2.45) is 0 Å². The number of carbonyl (C=O) groups excluding carboxylic acids is 1. The molecule has 0 bridgehead atoms. The number of nitrogens with zero attached hydrogens (tertiary/aromatic N) is 1. The second kappa shape index (κ2) is 5.18. The Labute approximate surface area is 109 Å². The molecule has 0 radical (unpaired) electrons. The van der Waals surface area contributed by atoms with Crippen molar-refractivity contribution in [3.05, 3.63) is 64.2 Å². The van der Waals surface area contributed by atoms with Crippen LogP contribution in [-0.4, -0.2) is 10.8 Å². The summed E-state index contributed by atoms with van der Waals surface area (Å²) in [6.07, 6.45) is 0. The Morgan fingerprint density at radius 1 is 1.16 bits per heavy atom. The van der Waals surface area contributed by atoms with E-state index in [4.69, 9.17) is 5.73 Å². The van der Waals surface area contributed by atoms with Crippen molar-refractivity contribution in [3.63, 3.8) is 0 Å². The summed E-state index contributed by atoms with van der Waals surface area (Å²) in [5.74, 6) is -0.443. The van der Waals surface area contributed by atoms with E-state index in [0.29, 0.717) is 11.4 Å². The molecule has 3 N–H and O–H groups in total. The molecular weight excluding hydrogens is 246 g/mol. The predicted molar refractivity (Wildman–Crippen MR) is 71.9 cm³/mol. The predicted octanol–water partition coefficient (Wildman–Crippen LogP) is 2.43. The van der Waals surface area contributed by atoms with Crippen LogP contribution < -0.4 is 11.1 Å². The molecule has 19 heavy (non-hydrogen) atoms. The van der Waals surface area contributed by atoms with Crippen molar-refractivity contribution < 1.29 is 9.72 Å². The fourth-order valence-corrected chi connectivity index (χ4v) is 1.57. The van der Waals surface area contributed by atoms with Crippen LogP contribution in [0.5, 0.6) is 0 Å². The van der Waals surface area contributed by atoms with Crippen LogP contribution in [0.4, 0.5) is 17.1 Å². The van der Waals surface area contributed by atoms with Crippen LogP contribution in [0.15, 0.2) is 48.5 Å². The minimum absolute atomic E-state index is 0.131. The van der Waals surface area contributed by atoms with E-state index in [1.807, 2.05) is 0 Å². The van der Waals surface area contributed by atoms with Crippen molar-refractivity contribution >= 4 is 23.0 Å². The maximum absolute atomic E-state index is 12.0. The van der Waals surface area contributed by atoms with Crippen LogP contribution in [0.2, 0.25) is 0 Å². The molecular formula is C13H11N3O3. The molecule has 0 saturated heterocycles. The summed E-state index contributed by atoms with van der Waals surface area (Å²) in [6.45, 7) is 0. The molecule has 0 aliphatic rings. The Kier molecular flexibility index (Phi) is 3.42. The number of hydrogen-bond donors (Lipinski definition) is 2. The number of non-ortho nitro benzene ring substituents is 1. The first-order valence-corrected chi connectivity index (χ1v) is 5.48. The number of nitro groups is 1. The van der Waals surface area contributed by atoms with E-state index in [1.54, 1.807) is 24.3 Å². The lowest BCUT2D eigenvalue weighted by molar-refractivity contribution is -0.384. The van der Waals surface area contributed by atoms with Gasteiger partial charge in [-0.1, -0.05) is 18.2 Å². The molecule has 0 saturated carbocycles. The average Bonchev–Trinajstić information content (AvgIpc) is 2.41. The Hall–Kier alpha value is -2.89. The number of benzene rings is 2. The molecule has 0 heterocycles. The first-order valence-electron chi connectivity index (χ1n) is 5.48. The summed E-state index contributed by atoms with van der Waals surface area (Å²) >= 11 is 0. The highest BCUT2D eigenvalue weighted by molar-refractivity contribution is 6.06. The highest BCUT2D eigenvalue weighted by atomic mass is 16.6. The summed E-state index contributed by atoms with van der Waals surface area (Å²) in [6, 6.07) is 12.3. The number of nitrogens with one attached hydrogen (secondary N) is 1. The number of nitro benzene ring substituents is 1. The van der Waals surface area contributed by atoms with Crippen LogP contribution in [0, 0.1) is 10.1 Å².